The van der Waals surface area contributed by atoms with E-state index in [9.17, 15) is 0 Å². The average Bonchev–Trinajstić information content (AvgIpc) is 1.46. The first-order valence-corrected chi connectivity index (χ1v) is 2.80. The molecule has 0 aliphatic rings. The van der Waals surface area contributed by atoms with Gasteiger partial charge in [-0.1, -0.05) is 27.4 Å². The van der Waals surface area contributed by atoms with Crippen molar-refractivity contribution in [2.24, 2.45) is 0 Å². The van der Waals surface area contributed by atoms with E-state index < -0.39 is 0 Å². The van der Waals surface area contributed by atoms with Gasteiger partial charge in [0.15, 0.2) is 0 Å². The lowest BCUT2D eigenvalue weighted by Crippen LogP contribution is -1.34. The van der Waals surface area contributed by atoms with Crippen LogP contribution in [0, 0.1) is 0 Å². The molecule has 0 bridgehead atoms. The van der Waals surface area contributed by atoms with Crippen LogP contribution in [0.25, 0.3) is 0 Å². The van der Waals surface area contributed by atoms with Gasteiger partial charge in [-0.15, -0.1) is 24.8 Å². The molecule has 0 radical (unpaired) electrons. The van der Waals surface area contributed by atoms with Gasteiger partial charge in [0.1, 0.15) is 0 Å². The van der Waals surface area contributed by atoms with Gasteiger partial charge in [-0.05, 0) is 0 Å². The van der Waals surface area contributed by atoms with Crippen molar-refractivity contribution < 1.29 is 4.57 Å². The first-order chi connectivity index (χ1) is 2.41. The van der Waals surface area contributed by atoms with Crippen LogP contribution >= 0.6 is 49.9 Å². The number of rotatable bonds is 0. The Labute approximate surface area is 66.8 Å². The Balaban J connectivity index is -0.0000000105. The van der Waals surface area contributed by atoms with Crippen molar-refractivity contribution in [1.29, 1.82) is 0 Å². The molecular formula is C2H9BrCl2OP+. The van der Waals surface area contributed by atoms with Gasteiger partial charge in [-0.3, -0.25) is 0 Å². The molecule has 0 heterocycles. The molecule has 0 aliphatic heterocycles. The normalized spacial score (nSPS) is 3.14. The summed E-state index contributed by atoms with van der Waals surface area (Å²) in [5.74, 6) is 0. The maximum absolute atomic E-state index is 8.17. The first kappa shape index (κ1) is 24.2. The smallest absolute Gasteiger partial charge is 0.147 e. The van der Waals surface area contributed by atoms with E-state index in [4.69, 9.17) is 4.57 Å². The molecule has 0 aromatic heterocycles. The van der Waals surface area contributed by atoms with Gasteiger partial charge in [-0.25, -0.2) is 0 Å². The van der Waals surface area contributed by atoms with E-state index in [1.165, 1.54) is 9.12 Å². The lowest BCUT2D eigenvalue weighted by molar-refractivity contribution is 0.607. The predicted octanol–water partition coefficient (Wildman–Crippen LogP) is 2.45. The van der Waals surface area contributed by atoms with E-state index in [0.717, 1.165) is 5.33 Å². The molecule has 7 heavy (non-hydrogen) atoms. The molecule has 0 aromatic carbocycles. The molecule has 1 nitrogen and oxygen atoms in total. The maximum Gasteiger partial charge on any atom is 0.310 e. The highest BCUT2D eigenvalue weighted by molar-refractivity contribution is 9.09. The summed E-state index contributed by atoms with van der Waals surface area (Å²) in [6.45, 7) is 2.04. The van der Waals surface area contributed by atoms with Crippen molar-refractivity contribution in [3.63, 3.8) is 0 Å². The van der Waals surface area contributed by atoms with E-state index in [1.54, 1.807) is 0 Å². The predicted molar refractivity (Wildman–Crippen MR) is 44.4 cm³/mol. The minimum Gasteiger partial charge on any atom is -0.147 e. The van der Waals surface area contributed by atoms with Gasteiger partial charge in [0.25, 0.3) is 0 Å². The second-order valence-corrected chi connectivity index (χ2v) is 1.39. The molecule has 0 aromatic rings. The zero-order valence-corrected chi connectivity index (χ0v) is 8.26. The summed E-state index contributed by atoms with van der Waals surface area (Å²) in [4.78, 5) is 0. The Morgan fingerprint density at radius 3 is 1.43 bits per heavy atom. The third-order valence-corrected chi connectivity index (χ3v) is 0. The van der Waals surface area contributed by atoms with Crippen molar-refractivity contribution in [3.05, 3.63) is 0 Å². The third kappa shape index (κ3) is 142. The van der Waals surface area contributed by atoms with E-state index in [-0.39, 0.29) is 24.8 Å². The monoisotopic (exact) mass is 229 g/mol. The molecule has 0 saturated carbocycles. The van der Waals surface area contributed by atoms with Gasteiger partial charge < -0.3 is 0 Å². The van der Waals surface area contributed by atoms with Gasteiger partial charge >= 0.3 is 9.12 Å². The molecule has 0 saturated heterocycles. The van der Waals surface area contributed by atoms with Gasteiger partial charge in [0.05, 0.1) is 0 Å². The number of alkyl halides is 1. The summed E-state index contributed by atoms with van der Waals surface area (Å²) >= 11 is 3.15. The van der Waals surface area contributed by atoms with Crippen molar-refractivity contribution in [2.75, 3.05) is 5.33 Å². The fraction of sp³-hybridized carbons (Fsp3) is 1.00. The molecule has 0 spiro atoms. The molecule has 0 amide bonds. The Morgan fingerprint density at radius 2 is 1.43 bits per heavy atom. The highest BCUT2D eigenvalue weighted by Crippen LogP contribution is 1.67. The number of hydrogen-bond donors (Lipinski definition) is 0. The van der Waals surface area contributed by atoms with E-state index >= 15 is 0 Å². The molecular weight excluding hydrogens is 222 g/mol. The number of hydrogen-bond acceptors (Lipinski definition) is 1. The van der Waals surface area contributed by atoms with E-state index in [0.29, 0.717) is 0 Å². The topological polar surface area (TPSA) is 17.1 Å². The summed E-state index contributed by atoms with van der Waals surface area (Å²) in [5, 5.41) is 1.06. The standard InChI is InChI=1S/C2H5Br.2ClH.H2OP/c1-2-3;;;1-2/h2H2,1H3;2*1H;2H2/q;;;+1. The lowest BCUT2D eigenvalue weighted by atomic mass is 11.0. The fourth-order valence-electron chi connectivity index (χ4n) is 0. The Bertz CT molecular complexity index is 19.7. The molecule has 0 rings (SSSR count). The largest absolute Gasteiger partial charge is 0.310 e. The second-order valence-electron chi connectivity index (χ2n) is 0.267. The number of halogens is 3. The van der Waals surface area contributed by atoms with Crippen molar-refractivity contribution in [3.8, 4) is 0 Å². The highest BCUT2D eigenvalue weighted by atomic mass is 79.9. The van der Waals surface area contributed by atoms with Crippen molar-refractivity contribution in [1.82, 2.24) is 0 Å². The average molecular weight is 231 g/mol. The molecule has 48 valence electrons. The summed E-state index contributed by atoms with van der Waals surface area (Å²) in [5.41, 5.74) is 0. The third-order valence-electron chi connectivity index (χ3n) is 0. The van der Waals surface area contributed by atoms with Crippen LogP contribution in [-0.4, -0.2) is 5.33 Å². The maximum atomic E-state index is 8.17. The Morgan fingerprint density at radius 1 is 1.43 bits per heavy atom. The van der Waals surface area contributed by atoms with Crippen molar-refractivity contribution in [2.45, 2.75) is 6.92 Å². The molecule has 0 fully saturated rings. The van der Waals surface area contributed by atoms with E-state index in [1.807, 2.05) is 6.92 Å². The zero-order chi connectivity index (χ0) is 4.71. The molecule has 0 aliphatic carbocycles. The molecule has 1 unspecified atom stereocenters. The summed E-state index contributed by atoms with van der Waals surface area (Å²) in [7, 11) is 1.17. The quantitative estimate of drug-likeness (QED) is 0.462. The van der Waals surface area contributed by atoms with Crippen LogP contribution in [0.2, 0.25) is 0 Å². The van der Waals surface area contributed by atoms with Gasteiger partial charge in [0, 0.05) is 5.33 Å². The molecule has 0 N–H and O–H groups in total. The minimum absolute atomic E-state index is 0. The summed E-state index contributed by atoms with van der Waals surface area (Å²) in [6, 6.07) is 0. The van der Waals surface area contributed by atoms with Crippen LogP contribution in [0.1, 0.15) is 6.92 Å². The summed E-state index contributed by atoms with van der Waals surface area (Å²) in [6.07, 6.45) is 0. The second kappa shape index (κ2) is 58.2. The lowest BCUT2D eigenvalue weighted by Gasteiger charge is -1.45. The SMILES string of the molecule is CCBr.Cl.Cl.O=[PH2+]. The fourth-order valence-corrected chi connectivity index (χ4v) is 0. The highest BCUT2D eigenvalue weighted by Gasteiger charge is 1.38. The first-order valence-electron chi connectivity index (χ1n) is 1.21. The zero-order valence-electron chi connectivity index (χ0n) is 3.89. The Hall–Kier alpha value is 1.16. The summed E-state index contributed by atoms with van der Waals surface area (Å²) < 4.78 is 8.17. The van der Waals surface area contributed by atoms with E-state index in [2.05, 4.69) is 15.9 Å². The molecule has 5 heteroatoms. The van der Waals surface area contributed by atoms with Crippen LogP contribution in [0.15, 0.2) is 0 Å². The Kier molecular flexibility index (Phi) is 201. The molecule has 1 atom stereocenters. The van der Waals surface area contributed by atoms with Crippen LogP contribution in [0.5, 0.6) is 0 Å². The van der Waals surface area contributed by atoms with Crippen LogP contribution in [0.4, 0.5) is 0 Å². The van der Waals surface area contributed by atoms with Gasteiger partial charge in [-0.2, -0.15) is 0 Å². The van der Waals surface area contributed by atoms with Crippen molar-refractivity contribution >= 4 is 49.9 Å². The van der Waals surface area contributed by atoms with Crippen LogP contribution in [0.3, 0.4) is 0 Å². The minimum atomic E-state index is 0. The van der Waals surface area contributed by atoms with Gasteiger partial charge in [0.2, 0.25) is 0 Å². The van der Waals surface area contributed by atoms with Crippen LogP contribution in [-0.2, 0) is 4.57 Å². The van der Waals surface area contributed by atoms with Crippen LogP contribution < -0.4 is 0 Å².